The van der Waals surface area contributed by atoms with Crippen molar-refractivity contribution < 1.29 is 9.59 Å². The van der Waals surface area contributed by atoms with Gasteiger partial charge in [-0.25, -0.2) is 4.98 Å². The Morgan fingerprint density at radius 2 is 1.48 bits per heavy atom. The van der Waals surface area contributed by atoms with Crippen molar-refractivity contribution in [2.45, 2.75) is 76.7 Å². The topological polar surface area (TPSA) is 71.1 Å². The molecule has 0 aliphatic heterocycles. The normalized spacial score (nSPS) is 17.8. The van der Waals surface area contributed by atoms with Gasteiger partial charge < -0.3 is 10.6 Å². The van der Waals surface area contributed by atoms with Gasteiger partial charge in [0.2, 0.25) is 0 Å². The van der Waals surface area contributed by atoms with Crippen LogP contribution in [0.15, 0.2) is 18.3 Å². The van der Waals surface area contributed by atoms with E-state index in [1.165, 1.54) is 51.1 Å². The number of hydrogen-bond acceptors (Lipinski definition) is 3. The largest absolute Gasteiger partial charge is 0.345 e. The monoisotopic (exact) mass is 365 g/mol. The molecule has 1 aliphatic rings. The van der Waals surface area contributed by atoms with Crippen LogP contribution in [-0.4, -0.2) is 22.8 Å². The van der Waals surface area contributed by atoms with Crippen molar-refractivity contribution in [2.24, 2.45) is 0 Å². The van der Waals surface area contributed by atoms with E-state index in [1.54, 1.807) is 12.1 Å². The van der Waals surface area contributed by atoms with Crippen LogP contribution >= 0.6 is 11.6 Å². The van der Waals surface area contributed by atoms with E-state index in [2.05, 4.69) is 15.6 Å². The maximum absolute atomic E-state index is 12.2. The summed E-state index contributed by atoms with van der Waals surface area (Å²) in [5.74, 6) is -1.29. The van der Waals surface area contributed by atoms with Gasteiger partial charge in [0, 0.05) is 12.2 Å². The summed E-state index contributed by atoms with van der Waals surface area (Å²) >= 11 is 5.91. The number of halogens is 1. The molecule has 5 nitrogen and oxygen atoms in total. The molecule has 0 unspecified atom stereocenters. The molecule has 0 saturated heterocycles. The minimum absolute atomic E-state index is 0.0713. The van der Waals surface area contributed by atoms with Gasteiger partial charge in [-0.2, -0.15) is 0 Å². The smallest absolute Gasteiger partial charge is 0.313 e. The summed E-state index contributed by atoms with van der Waals surface area (Å²) in [4.78, 5) is 28.2. The molecule has 1 aromatic rings. The molecule has 1 saturated carbocycles. The van der Waals surface area contributed by atoms with E-state index in [4.69, 9.17) is 11.6 Å². The molecule has 1 aliphatic carbocycles. The number of anilines is 1. The molecule has 0 radical (unpaired) electrons. The van der Waals surface area contributed by atoms with Gasteiger partial charge in [-0.1, -0.05) is 69.4 Å². The SMILES string of the molecule is O=C(Nc1cccnc1Cl)C(=O)NC1CCCCCCCCCCC1. The van der Waals surface area contributed by atoms with Crippen LogP contribution in [0.4, 0.5) is 5.69 Å². The van der Waals surface area contributed by atoms with Crippen molar-refractivity contribution in [1.82, 2.24) is 10.3 Å². The second kappa shape index (κ2) is 11.1. The molecule has 0 atom stereocenters. The number of aromatic nitrogens is 1. The first kappa shape index (κ1) is 19.7. The van der Waals surface area contributed by atoms with E-state index in [-0.39, 0.29) is 11.2 Å². The quantitative estimate of drug-likeness (QED) is 0.600. The second-order valence-corrected chi connectivity index (χ2v) is 7.08. The molecule has 2 amide bonds. The summed E-state index contributed by atoms with van der Waals surface area (Å²) in [6.07, 6.45) is 14.5. The van der Waals surface area contributed by atoms with Crippen molar-refractivity contribution in [3.8, 4) is 0 Å². The summed E-state index contributed by atoms with van der Waals surface area (Å²) in [6, 6.07) is 3.35. The van der Waals surface area contributed by atoms with Crippen LogP contribution in [0, 0.1) is 0 Å². The average molecular weight is 366 g/mol. The van der Waals surface area contributed by atoms with Gasteiger partial charge in [0.25, 0.3) is 0 Å². The van der Waals surface area contributed by atoms with Crippen LogP contribution in [-0.2, 0) is 9.59 Å². The Morgan fingerprint density at radius 1 is 0.920 bits per heavy atom. The van der Waals surface area contributed by atoms with Crippen LogP contribution in [0.3, 0.4) is 0 Å². The lowest BCUT2D eigenvalue weighted by Gasteiger charge is -2.19. The Kier molecular flexibility index (Phi) is 8.73. The lowest BCUT2D eigenvalue weighted by atomic mass is 9.98. The molecule has 0 spiro atoms. The Hall–Kier alpha value is -1.62. The third-order valence-corrected chi connectivity index (χ3v) is 4.96. The zero-order valence-corrected chi connectivity index (χ0v) is 15.5. The summed E-state index contributed by atoms with van der Waals surface area (Å²) < 4.78 is 0. The summed E-state index contributed by atoms with van der Waals surface area (Å²) in [7, 11) is 0. The molecular weight excluding hydrogens is 338 g/mol. The van der Waals surface area contributed by atoms with Crippen molar-refractivity contribution in [2.75, 3.05) is 5.32 Å². The van der Waals surface area contributed by atoms with Crippen LogP contribution < -0.4 is 10.6 Å². The molecular formula is C19H28ClN3O2. The molecule has 1 aromatic heterocycles. The highest BCUT2D eigenvalue weighted by molar-refractivity contribution is 6.41. The number of rotatable bonds is 2. The van der Waals surface area contributed by atoms with Gasteiger partial charge in [-0.05, 0) is 25.0 Å². The number of nitrogens with one attached hydrogen (secondary N) is 2. The van der Waals surface area contributed by atoms with Gasteiger partial charge >= 0.3 is 11.8 Å². The number of pyridine rings is 1. The van der Waals surface area contributed by atoms with Crippen LogP contribution in [0.1, 0.15) is 70.6 Å². The molecule has 1 heterocycles. The maximum atomic E-state index is 12.2. The van der Waals surface area contributed by atoms with Crippen LogP contribution in [0.2, 0.25) is 5.15 Å². The average Bonchev–Trinajstić information content (AvgIpc) is 2.59. The predicted octanol–water partition coefficient (Wildman–Crippen LogP) is 4.46. The first-order valence-electron chi connectivity index (χ1n) is 9.39. The summed E-state index contributed by atoms with van der Waals surface area (Å²) in [6.45, 7) is 0. The standard InChI is InChI=1S/C19H28ClN3O2/c20-17-16(13-10-14-21-17)23-19(25)18(24)22-15-11-8-6-4-2-1-3-5-7-9-12-15/h10,13-15H,1-9,11-12H2,(H,22,24)(H,23,25). The zero-order chi connectivity index (χ0) is 17.9. The fourth-order valence-electron chi connectivity index (χ4n) is 3.22. The number of hydrogen-bond donors (Lipinski definition) is 2. The molecule has 0 bridgehead atoms. The maximum Gasteiger partial charge on any atom is 0.313 e. The Balaban J connectivity index is 1.84. The molecule has 138 valence electrons. The lowest BCUT2D eigenvalue weighted by Crippen LogP contribution is -2.42. The Morgan fingerprint density at radius 3 is 2.04 bits per heavy atom. The van der Waals surface area contributed by atoms with Gasteiger partial charge in [0.05, 0.1) is 5.69 Å². The summed E-state index contributed by atoms with van der Waals surface area (Å²) in [5.41, 5.74) is 0.350. The van der Waals surface area contributed by atoms with Gasteiger partial charge in [-0.15, -0.1) is 0 Å². The first-order chi connectivity index (χ1) is 12.2. The highest BCUT2D eigenvalue weighted by atomic mass is 35.5. The third kappa shape index (κ3) is 7.43. The first-order valence-corrected chi connectivity index (χ1v) is 9.77. The molecule has 2 rings (SSSR count). The van der Waals surface area contributed by atoms with E-state index in [0.717, 1.165) is 25.7 Å². The highest BCUT2D eigenvalue weighted by Gasteiger charge is 2.19. The lowest BCUT2D eigenvalue weighted by molar-refractivity contribution is -0.136. The van der Waals surface area contributed by atoms with Crippen LogP contribution in [0.5, 0.6) is 0 Å². The van der Waals surface area contributed by atoms with Crippen molar-refractivity contribution in [3.63, 3.8) is 0 Å². The molecule has 6 heteroatoms. The van der Waals surface area contributed by atoms with E-state index in [9.17, 15) is 9.59 Å². The van der Waals surface area contributed by atoms with Crippen molar-refractivity contribution in [1.29, 1.82) is 0 Å². The van der Waals surface area contributed by atoms with Crippen molar-refractivity contribution >= 4 is 29.1 Å². The van der Waals surface area contributed by atoms with Gasteiger partial charge in [0.15, 0.2) is 5.15 Å². The molecule has 1 fully saturated rings. The number of amides is 2. The zero-order valence-electron chi connectivity index (χ0n) is 14.7. The van der Waals surface area contributed by atoms with E-state index in [0.29, 0.717) is 5.69 Å². The van der Waals surface area contributed by atoms with E-state index in [1.807, 2.05) is 0 Å². The fraction of sp³-hybridized carbons (Fsp3) is 0.632. The predicted molar refractivity (Wildman–Crippen MR) is 101 cm³/mol. The Labute approximate surface area is 154 Å². The molecule has 0 aromatic carbocycles. The minimum Gasteiger partial charge on any atom is -0.345 e. The highest BCUT2D eigenvalue weighted by Crippen LogP contribution is 2.18. The van der Waals surface area contributed by atoms with Crippen molar-refractivity contribution in [3.05, 3.63) is 23.5 Å². The minimum atomic E-state index is -0.694. The van der Waals surface area contributed by atoms with Gasteiger partial charge in [-0.3, -0.25) is 9.59 Å². The fourth-order valence-corrected chi connectivity index (χ4v) is 3.38. The molecule has 25 heavy (non-hydrogen) atoms. The van der Waals surface area contributed by atoms with Gasteiger partial charge in [0.1, 0.15) is 0 Å². The number of carbonyl (C=O) groups excluding carboxylic acids is 2. The second-order valence-electron chi connectivity index (χ2n) is 6.73. The third-order valence-electron chi connectivity index (χ3n) is 4.65. The number of nitrogens with zero attached hydrogens (tertiary/aromatic N) is 1. The Bertz CT molecular complexity index is 553. The van der Waals surface area contributed by atoms with Crippen LogP contribution in [0.25, 0.3) is 0 Å². The van der Waals surface area contributed by atoms with E-state index < -0.39 is 11.8 Å². The summed E-state index contributed by atoms with van der Waals surface area (Å²) in [5, 5.41) is 5.59. The number of carbonyl (C=O) groups is 2. The van der Waals surface area contributed by atoms with E-state index >= 15 is 0 Å². The molecule has 2 N–H and O–H groups in total.